The average Bonchev–Trinajstić information content (AvgIpc) is 3.05. The Morgan fingerprint density at radius 2 is 1.83 bits per heavy atom. The third-order valence-electron chi connectivity index (χ3n) is 3.41. The monoisotopic (exact) mass is 401 g/mol. The van der Waals surface area contributed by atoms with Crippen molar-refractivity contribution in [1.82, 2.24) is 10.3 Å². The number of nitrogens with zero attached hydrogens (tertiary/aromatic N) is 1. The van der Waals surface area contributed by atoms with Gasteiger partial charge in [-0.2, -0.15) is 0 Å². The van der Waals surface area contributed by atoms with Crippen LogP contribution in [0.5, 0.6) is 0 Å². The lowest BCUT2D eigenvalue weighted by atomic mass is 10.1. The number of nitrogens with one attached hydrogen (secondary N) is 2. The second-order valence-electron chi connectivity index (χ2n) is 5.16. The third-order valence-corrected chi connectivity index (χ3v) is 4.69. The van der Waals surface area contributed by atoms with Crippen molar-refractivity contribution in [2.24, 2.45) is 0 Å². The summed E-state index contributed by atoms with van der Waals surface area (Å²) in [4.78, 5) is 16.4. The number of hydrogen-bond donors (Lipinski definition) is 2. The van der Waals surface area contributed by atoms with Gasteiger partial charge in [0.15, 0.2) is 5.13 Å². The highest BCUT2D eigenvalue weighted by molar-refractivity contribution is 9.10. The Bertz CT molecular complexity index is 803. The molecular weight excluding hydrogens is 386 g/mol. The molecule has 0 fully saturated rings. The molecule has 0 unspecified atom stereocenters. The molecule has 6 heteroatoms. The Hall–Kier alpha value is -2.18. The number of hydrogen-bond acceptors (Lipinski definition) is 3. The van der Waals surface area contributed by atoms with Gasteiger partial charge in [0.25, 0.3) is 0 Å². The molecule has 0 aliphatic rings. The van der Waals surface area contributed by atoms with Crippen LogP contribution in [0.25, 0.3) is 11.3 Å². The first-order valence-corrected chi connectivity index (χ1v) is 9.18. The molecule has 0 aliphatic carbocycles. The number of thiazole rings is 1. The molecule has 2 amide bonds. The molecule has 1 heterocycles. The number of amides is 2. The van der Waals surface area contributed by atoms with E-state index in [2.05, 4.69) is 31.5 Å². The number of carbonyl (C=O) groups excluding carboxylic acids is 1. The van der Waals surface area contributed by atoms with Gasteiger partial charge in [0.2, 0.25) is 0 Å². The molecule has 2 aromatic carbocycles. The zero-order chi connectivity index (χ0) is 16.8. The van der Waals surface area contributed by atoms with Gasteiger partial charge in [0.05, 0.1) is 5.69 Å². The van der Waals surface area contributed by atoms with E-state index in [1.165, 1.54) is 16.9 Å². The number of anilines is 1. The fraction of sp³-hybridized carbons (Fsp3) is 0.111. The number of carbonyl (C=O) groups is 1. The lowest BCUT2D eigenvalue weighted by Crippen LogP contribution is -2.30. The molecule has 3 rings (SSSR count). The summed E-state index contributed by atoms with van der Waals surface area (Å²) in [6.07, 6.45) is 0.802. The first kappa shape index (κ1) is 16.7. The Labute approximate surface area is 153 Å². The highest BCUT2D eigenvalue weighted by Gasteiger charge is 2.07. The van der Waals surface area contributed by atoms with E-state index in [1.54, 1.807) is 0 Å². The van der Waals surface area contributed by atoms with E-state index in [0.717, 1.165) is 22.2 Å². The van der Waals surface area contributed by atoms with Crippen LogP contribution in [0.2, 0.25) is 0 Å². The molecule has 0 bridgehead atoms. The van der Waals surface area contributed by atoms with Crippen molar-refractivity contribution in [2.45, 2.75) is 6.42 Å². The summed E-state index contributed by atoms with van der Waals surface area (Å²) in [6.45, 7) is 0.584. The second-order valence-corrected chi connectivity index (χ2v) is 6.94. The zero-order valence-electron chi connectivity index (χ0n) is 12.8. The van der Waals surface area contributed by atoms with Crippen LogP contribution in [0.15, 0.2) is 64.5 Å². The Balaban J connectivity index is 1.51. The molecule has 122 valence electrons. The van der Waals surface area contributed by atoms with Crippen LogP contribution in [0, 0.1) is 0 Å². The Morgan fingerprint density at radius 1 is 1.08 bits per heavy atom. The molecule has 0 saturated heterocycles. The first-order chi connectivity index (χ1) is 11.7. The van der Waals surface area contributed by atoms with E-state index < -0.39 is 0 Å². The summed E-state index contributed by atoms with van der Waals surface area (Å²) >= 11 is 4.83. The fourth-order valence-electron chi connectivity index (χ4n) is 2.19. The molecule has 0 radical (unpaired) electrons. The predicted molar refractivity (Wildman–Crippen MR) is 102 cm³/mol. The molecule has 0 aliphatic heterocycles. The highest BCUT2D eigenvalue weighted by atomic mass is 79.9. The summed E-state index contributed by atoms with van der Waals surface area (Å²) in [5.74, 6) is 0. The quantitative estimate of drug-likeness (QED) is 0.636. The Morgan fingerprint density at radius 3 is 2.58 bits per heavy atom. The van der Waals surface area contributed by atoms with Crippen LogP contribution in [-0.2, 0) is 6.42 Å². The topological polar surface area (TPSA) is 54.0 Å². The van der Waals surface area contributed by atoms with E-state index in [-0.39, 0.29) is 6.03 Å². The largest absolute Gasteiger partial charge is 0.337 e. The first-order valence-electron chi connectivity index (χ1n) is 7.51. The van der Waals surface area contributed by atoms with E-state index in [9.17, 15) is 4.79 Å². The summed E-state index contributed by atoms with van der Waals surface area (Å²) in [6, 6.07) is 17.7. The maximum atomic E-state index is 11.9. The normalized spacial score (nSPS) is 10.4. The lowest BCUT2D eigenvalue weighted by molar-refractivity contribution is 0.252. The summed E-state index contributed by atoms with van der Waals surface area (Å²) in [5, 5.41) is 8.15. The molecule has 2 N–H and O–H groups in total. The van der Waals surface area contributed by atoms with E-state index in [1.807, 2.05) is 60.0 Å². The number of urea groups is 1. The van der Waals surface area contributed by atoms with E-state index in [4.69, 9.17) is 0 Å². The standard InChI is InChI=1S/C18H16BrN3OS/c19-15-8-6-14(7-9-15)16-12-24-18(21-16)22-17(23)20-11-10-13-4-2-1-3-5-13/h1-9,12H,10-11H2,(H2,20,21,22,23). The molecule has 0 atom stereocenters. The van der Waals surface area contributed by atoms with E-state index >= 15 is 0 Å². The van der Waals surface area contributed by atoms with Crippen LogP contribution in [-0.4, -0.2) is 17.6 Å². The van der Waals surface area contributed by atoms with Crippen molar-refractivity contribution in [1.29, 1.82) is 0 Å². The molecule has 24 heavy (non-hydrogen) atoms. The van der Waals surface area contributed by atoms with Gasteiger partial charge in [0, 0.05) is 22.0 Å². The molecule has 4 nitrogen and oxygen atoms in total. The second kappa shape index (κ2) is 8.08. The molecule has 0 spiro atoms. The lowest BCUT2D eigenvalue weighted by Gasteiger charge is -2.05. The number of benzene rings is 2. The highest BCUT2D eigenvalue weighted by Crippen LogP contribution is 2.25. The average molecular weight is 402 g/mol. The summed E-state index contributed by atoms with van der Waals surface area (Å²) in [5.41, 5.74) is 3.07. The minimum atomic E-state index is -0.234. The van der Waals surface area contributed by atoms with Crippen molar-refractivity contribution in [3.63, 3.8) is 0 Å². The van der Waals surface area contributed by atoms with Crippen LogP contribution < -0.4 is 10.6 Å². The van der Waals surface area contributed by atoms with Gasteiger partial charge in [-0.25, -0.2) is 9.78 Å². The van der Waals surface area contributed by atoms with Crippen molar-refractivity contribution < 1.29 is 4.79 Å². The molecule has 3 aromatic rings. The number of halogens is 1. The SMILES string of the molecule is O=C(NCCc1ccccc1)Nc1nc(-c2ccc(Br)cc2)cs1. The molecule has 1 aromatic heterocycles. The van der Waals surface area contributed by atoms with Gasteiger partial charge in [-0.1, -0.05) is 58.4 Å². The maximum absolute atomic E-state index is 11.9. The van der Waals surface area contributed by atoms with Crippen molar-refractivity contribution in [3.05, 3.63) is 70.0 Å². The zero-order valence-corrected chi connectivity index (χ0v) is 15.2. The van der Waals surface area contributed by atoms with Gasteiger partial charge >= 0.3 is 6.03 Å². The maximum Gasteiger partial charge on any atom is 0.321 e. The fourth-order valence-corrected chi connectivity index (χ4v) is 3.17. The van der Waals surface area contributed by atoms with Gasteiger partial charge in [-0.3, -0.25) is 5.32 Å². The summed E-state index contributed by atoms with van der Waals surface area (Å²) < 4.78 is 1.03. The van der Waals surface area contributed by atoms with Crippen molar-refractivity contribution >= 4 is 38.4 Å². The Kier molecular flexibility index (Phi) is 5.61. The minimum Gasteiger partial charge on any atom is -0.337 e. The smallest absolute Gasteiger partial charge is 0.321 e. The van der Waals surface area contributed by atoms with Gasteiger partial charge < -0.3 is 5.32 Å². The van der Waals surface area contributed by atoms with Crippen LogP contribution in [0.4, 0.5) is 9.93 Å². The van der Waals surface area contributed by atoms with Crippen LogP contribution in [0.3, 0.4) is 0 Å². The predicted octanol–water partition coefficient (Wildman–Crippen LogP) is 4.94. The van der Waals surface area contributed by atoms with Crippen LogP contribution >= 0.6 is 27.3 Å². The van der Waals surface area contributed by atoms with E-state index in [0.29, 0.717) is 11.7 Å². The minimum absolute atomic E-state index is 0.234. The van der Waals surface area contributed by atoms with Crippen molar-refractivity contribution in [3.8, 4) is 11.3 Å². The van der Waals surface area contributed by atoms with Gasteiger partial charge in [0.1, 0.15) is 0 Å². The van der Waals surface area contributed by atoms with Gasteiger partial charge in [-0.15, -0.1) is 11.3 Å². The molecule has 0 saturated carbocycles. The number of rotatable bonds is 5. The summed E-state index contributed by atoms with van der Waals surface area (Å²) in [7, 11) is 0. The third kappa shape index (κ3) is 4.66. The number of aromatic nitrogens is 1. The van der Waals surface area contributed by atoms with Gasteiger partial charge in [-0.05, 0) is 24.1 Å². The van der Waals surface area contributed by atoms with Crippen molar-refractivity contribution in [2.75, 3.05) is 11.9 Å². The molecular formula is C18H16BrN3OS. The van der Waals surface area contributed by atoms with Crippen LogP contribution in [0.1, 0.15) is 5.56 Å².